The van der Waals surface area contributed by atoms with E-state index < -0.39 is 0 Å². The van der Waals surface area contributed by atoms with Gasteiger partial charge in [-0.25, -0.2) is 4.98 Å². The molecule has 0 spiro atoms. The summed E-state index contributed by atoms with van der Waals surface area (Å²) < 4.78 is 6.11. The standard InChI is InChI=1S/C16H28N2OS/c1-5-16(6-2,19-8-4)15-18-14(12-9-10-12)13(20-15)11-17-7-3/h12,17H,5-11H2,1-4H3. The topological polar surface area (TPSA) is 34.1 Å². The van der Waals surface area contributed by atoms with Crippen LogP contribution in [0.25, 0.3) is 0 Å². The van der Waals surface area contributed by atoms with E-state index in [-0.39, 0.29) is 5.60 Å². The minimum atomic E-state index is -0.173. The molecule has 0 unspecified atom stereocenters. The Balaban J connectivity index is 2.30. The molecule has 2 rings (SSSR count). The molecule has 1 heterocycles. The van der Waals surface area contributed by atoms with Gasteiger partial charge in [0.25, 0.3) is 0 Å². The molecular weight excluding hydrogens is 268 g/mol. The molecule has 0 bridgehead atoms. The Hall–Kier alpha value is -0.450. The summed E-state index contributed by atoms with van der Waals surface area (Å²) in [6.45, 7) is 11.4. The van der Waals surface area contributed by atoms with Gasteiger partial charge >= 0.3 is 0 Å². The highest BCUT2D eigenvalue weighted by Gasteiger charge is 2.36. The highest BCUT2D eigenvalue weighted by molar-refractivity contribution is 7.11. The predicted octanol–water partition coefficient (Wildman–Crippen LogP) is 4.18. The van der Waals surface area contributed by atoms with E-state index in [2.05, 4.69) is 33.0 Å². The summed E-state index contributed by atoms with van der Waals surface area (Å²) >= 11 is 1.87. The Bertz CT molecular complexity index is 422. The third-order valence-corrected chi connectivity index (χ3v) is 5.44. The molecule has 0 aliphatic heterocycles. The van der Waals surface area contributed by atoms with Gasteiger partial charge in [0.05, 0.1) is 5.69 Å². The molecule has 1 N–H and O–H groups in total. The van der Waals surface area contributed by atoms with Crippen molar-refractivity contribution in [3.8, 4) is 0 Å². The Morgan fingerprint density at radius 1 is 1.25 bits per heavy atom. The van der Waals surface area contributed by atoms with E-state index >= 15 is 0 Å². The predicted molar refractivity (Wildman–Crippen MR) is 85.4 cm³/mol. The summed E-state index contributed by atoms with van der Waals surface area (Å²) in [5.41, 5.74) is 1.17. The molecular formula is C16H28N2OS. The van der Waals surface area contributed by atoms with Crippen molar-refractivity contribution in [2.75, 3.05) is 13.2 Å². The first-order valence-electron chi connectivity index (χ1n) is 8.05. The molecule has 1 aromatic heterocycles. The molecule has 1 aliphatic rings. The molecule has 3 nitrogen and oxygen atoms in total. The van der Waals surface area contributed by atoms with Gasteiger partial charge in [-0.05, 0) is 39.2 Å². The van der Waals surface area contributed by atoms with Crippen molar-refractivity contribution >= 4 is 11.3 Å². The zero-order valence-corrected chi connectivity index (χ0v) is 14.1. The van der Waals surface area contributed by atoms with Crippen molar-refractivity contribution in [3.63, 3.8) is 0 Å². The monoisotopic (exact) mass is 296 g/mol. The van der Waals surface area contributed by atoms with E-state index in [4.69, 9.17) is 9.72 Å². The van der Waals surface area contributed by atoms with Crippen molar-refractivity contribution in [2.45, 2.75) is 71.4 Å². The maximum atomic E-state index is 6.11. The maximum Gasteiger partial charge on any atom is 0.125 e. The van der Waals surface area contributed by atoms with Crippen LogP contribution in [0.4, 0.5) is 0 Å². The summed E-state index contributed by atoms with van der Waals surface area (Å²) in [7, 11) is 0. The second-order valence-electron chi connectivity index (χ2n) is 5.52. The Morgan fingerprint density at radius 3 is 2.45 bits per heavy atom. The van der Waals surface area contributed by atoms with Crippen LogP contribution in [-0.4, -0.2) is 18.1 Å². The number of rotatable bonds is 9. The third kappa shape index (κ3) is 3.23. The van der Waals surface area contributed by atoms with Gasteiger partial charge in [-0.3, -0.25) is 0 Å². The number of hydrogen-bond donors (Lipinski definition) is 1. The van der Waals surface area contributed by atoms with Crippen LogP contribution >= 0.6 is 11.3 Å². The lowest BCUT2D eigenvalue weighted by molar-refractivity contribution is -0.0507. The first-order valence-corrected chi connectivity index (χ1v) is 8.87. The first kappa shape index (κ1) is 15.9. The van der Waals surface area contributed by atoms with Crippen molar-refractivity contribution < 1.29 is 4.74 Å². The van der Waals surface area contributed by atoms with E-state index in [0.29, 0.717) is 5.92 Å². The van der Waals surface area contributed by atoms with Gasteiger partial charge in [0.1, 0.15) is 10.6 Å². The van der Waals surface area contributed by atoms with Gasteiger partial charge in [-0.15, -0.1) is 11.3 Å². The van der Waals surface area contributed by atoms with Gasteiger partial charge in [0, 0.05) is 23.9 Å². The fraction of sp³-hybridized carbons (Fsp3) is 0.812. The van der Waals surface area contributed by atoms with Gasteiger partial charge in [0.15, 0.2) is 0 Å². The molecule has 0 amide bonds. The van der Waals surface area contributed by atoms with E-state index in [0.717, 1.165) is 32.5 Å². The highest BCUT2D eigenvalue weighted by atomic mass is 32.1. The molecule has 1 aromatic rings. The van der Waals surface area contributed by atoms with Crippen LogP contribution in [-0.2, 0) is 16.9 Å². The minimum absolute atomic E-state index is 0.173. The van der Waals surface area contributed by atoms with Gasteiger partial charge in [0.2, 0.25) is 0 Å². The quantitative estimate of drug-likeness (QED) is 0.742. The van der Waals surface area contributed by atoms with Crippen LogP contribution in [0.2, 0.25) is 0 Å². The van der Waals surface area contributed by atoms with Crippen molar-refractivity contribution in [1.82, 2.24) is 10.3 Å². The van der Waals surface area contributed by atoms with Crippen LogP contribution in [0.5, 0.6) is 0 Å². The second-order valence-corrected chi connectivity index (χ2v) is 6.60. The lowest BCUT2D eigenvalue weighted by atomic mass is 9.98. The Morgan fingerprint density at radius 2 is 1.95 bits per heavy atom. The van der Waals surface area contributed by atoms with Crippen LogP contribution in [0.3, 0.4) is 0 Å². The number of nitrogens with one attached hydrogen (secondary N) is 1. The lowest BCUT2D eigenvalue weighted by Gasteiger charge is -2.29. The summed E-state index contributed by atoms with van der Waals surface area (Å²) in [4.78, 5) is 6.44. The summed E-state index contributed by atoms with van der Waals surface area (Å²) in [5, 5.41) is 4.64. The molecule has 0 atom stereocenters. The van der Waals surface area contributed by atoms with Gasteiger partial charge in [-0.1, -0.05) is 20.8 Å². The van der Waals surface area contributed by atoms with E-state index in [9.17, 15) is 0 Å². The van der Waals surface area contributed by atoms with E-state index in [1.165, 1.54) is 28.4 Å². The second kappa shape index (κ2) is 7.01. The zero-order valence-electron chi connectivity index (χ0n) is 13.3. The Kier molecular flexibility index (Phi) is 5.58. The number of aromatic nitrogens is 1. The van der Waals surface area contributed by atoms with Gasteiger partial charge in [-0.2, -0.15) is 0 Å². The van der Waals surface area contributed by atoms with Crippen LogP contribution in [0, 0.1) is 0 Å². The summed E-state index contributed by atoms with van der Waals surface area (Å²) in [5.74, 6) is 0.710. The maximum absolute atomic E-state index is 6.11. The Labute approximate surface area is 127 Å². The van der Waals surface area contributed by atoms with E-state index in [1.807, 2.05) is 11.3 Å². The summed E-state index contributed by atoms with van der Waals surface area (Å²) in [6, 6.07) is 0. The fourth-order valence-electron chi connectivity index (χ4n) is 2.69. The van der Waals surface area contributed by atoms with Crippen LogP contribution < -0.4 is 5.32 Å². The SMILES string of the molecule is CCNCc1sc(C(CC)(CC)OCC)nc1C1CC1. The molecule has 0 saturated heterocycles. The number of ether oxygens (including phenoxy) is 1. The third-order valence-electron chi connectivity index (χ3n) is 4.18. The van der Waals surface area contributed by atoms with Gasteiger partial charge < -0.3 is 10.1 Å². The molecule has 0 radical (unpaired) electrons. The highest BCUT2D eigenvalue weighted by Crippen LogP contribution is 2.45. The van der Waals surface area contributed by atoms with Crippen molar-refractivity contribution in [1.29, 1.82) is 0 Å². The smallest absolute Gasteiger partial charge is 0.125 e. The molecule has 4 heteroatoms. The lowest BCUT2D eigenvalue weighted by Crippen LogP contribution is -2.28. The molecule has 1 fully saturated rings. The average molecular weight is 296 g/mol. The van der Waals surface area contributed by atoms with Crippen molar-refractivity contribution in [2.24, 2.45) is 0 Å². The number of hydrogen-bond acceptors (Lipinski definition) is 4. The number of nitrogens with zero attached hydrogens (tertiary/aromatic N) is 1. The number of thiazole rings is 1. The molecule has 20 heavy (non-hydrogen) atoms. The first-order chi connectivity index (χ1) is 9.70. The summed E-state index contributed by atoms with van der Waals surface area (Å²) in [6.07, 6.45) is 4.61. The molecule has 114 valence electrons. The van der Waals surface area contributed by atoms with E-state index in [1.54, 1.807) is 0 Å². The molecule has 1 saturated carbocycles. The largest absolute Gasteiger partial charge is 0.368 e. The van der Waals surface area contributed by atoms with Crippen LogP contribution in [0.15, 0.2) is 0 Å². The van der Waals surface area contributed by atoms with Crippen molar-refractivity contribution in [3.05, 3.63) is 15.6 Å². The zero-order chi connectivity index (χ0) is 14.6. The minimum Gasteiger partial charge on any atom is -0.368 e. The molecule has 1 aliphatic carbocycles. The average Bonchev–Trinajstić information content (AvgIpc) is 3.23. The fourth-order valence-corrected chi connectivity index (χ4v) is 4.10. The molecule has 0 aromatic carbocycles. The van der Waals surface area contributed by atoms with Crippen LogP contribution in [0.1, 0.15) is 74.9 Å². The normalized spacial score (nSPS) is 15.8.